The van der Waals surface area contributed by atoms with Crippen LogP contribution in [0.2, 0.25) is 0 Å². The molecule has 4 rings (SSSR count). The maximum absolute atomic E-state index is 13.5. The number of amides is 2. The van der Waals surface area contributed by atoms with E-state index in [1.165, 1.54) is 4.90 Å². The van der Waals surface area contributed by atoms with Crippen LogP contribution >= 0.6 is 0 Å². The fraction of sp³-hybridized carbons (Fsp3) is 0.300. The number of para-hydroxylation sites is 1. The lowest BCUT2D eigenvalue weighted by Crippen LogP contribution is -2.60. The third kappa shape index (κ3) is 2.82. The Bertz CT molecular complexity index is 840. The van der Waals surface area contributed by atoms with E-state index in [2.05, 4.69) is 17.5 Å². The number of allylic oxidation sites excluding steroid dienone is 4. The van der Waals surface area contributed by atoms with Crippen LogP contribution in [0.1, 0.15) is 18.4 Å². The van der Waals surface area contributed by atoms with Crippen LogP contribution in [0.25, 0.3) is 6.08 Å². The SMILES string of the molecule is O=C(O)C1CNCCN1C(=O)N1C2=C(C=Cc3ccccc31)CCC=C2. The van der Waals surface area contributed by atoms with Gasteiger partial charge in [-0.15, -0.1) is 0 Å². The van der Waals surface area contributed by atoms with Gasteiger partial charge in [-0.2, -0.15) is 0 Å². The van der Waals surface area contributed by atoms with E-state index < -0.39 is 12.0 Å². The molecule has 1 unspecified atom stereocenters. The fourth-order valence-corrected chi connectivity index (χ4v) is 3.70. The van der Waals surface area contributed by atoms with Crippen LogP contribution in [0.3, 0.4) is 0 Å². The lowest BCUT2D eigenvalue weighted by atomic mass is 10.0. The van der Waals surface area contributed by atoms with Gasteiger partial charge < -0.3 is 15.3 Å². The molecular weight excluding hydrogens is 330 g/mol. The third-order valence-electron chi connectivity index (χ3n) is 5.03. The smallest absolute Gasteiger partial charge is 0.329 e. The number of fused-ring (bicyclic) bond motifs is 1. The second kappa shape index (κ2) is 6.80. The van der Waals surface area contributed by atoms with Gasteiger partial charge in [0.1, 0.15) is 6.04 Å². The zero-order valence-corrected chi connectivity index (χ0v) is 14.4. The summed E-state index contributed by atoms with van der Waals surface area (Å²) in [6, 6.07) is 6.58. The van der Waals surface area contributed by atoms with Crippen molar-refractivity contribution in [3.05, 3.63) is 59.3 Å². The van der Waals surface area contributed by atoms with Crippen LogP contribution < -0.4 is 10.2 Å². The average molecular weight is 351 g/mol. The average Bonchev–Trinajstić information content (AvgIpc) is 2.84. The van der Waals surface area contributed by atoms with Crippen LogP contribution in [-0.2, 0) is 4.79 Å². The van der Waals surface area contributed by atoms with Crippen molar-refractivity contribution in [3.63, 3.8) is 0 Å². The van der Waals surface area contributed by atoms with Gasteiger partial charge in [0.25, 0.3) is 0 Å². The highest BCUT2D eigenvalue weighted by Crippen LogP contribution is 2.35. The van der Waals surface area contributed by atoms with Gasteiger partial charge in [0.2, 0.25) is 0 Å². The Morgan fingerprint density at radius 1 is 1.15 bits per heavy atom. The quantitative estimate of drug-likeness (QED) is 0.816. The van der Waals surface area contributed by atoms with E-state index in [0.717, 1.165) is 35.4 Å². The highest BCUT2D eigenvalue weighted by Gasteiger charge is 2.37. The molecular formula is C20H21N3O3. The van der Waals surface area contributed by atoms with Gasteiger partial charge in [-0.1, -0.05) is 36.4 Å². The number of carboxylic acid groups (broad SMARTS) is 1. The molecule has 0 saturated carbocycles. The summed E-state index contributed by atoms with van der Waals surface area (Å²) in [5.41, 5.74) is 3.67. The van der Waals surface area contributed by atoms with Gasteiger partial charge >= 0.3 is 12.0 Å². The van der Waals surface area contributed by atoms with Crippen LogP contribution in [0, 0.1) is 0 Å². The lowest BCUT2D eigenvalue weighted by molar-refractivity contribution is -0.142. The van der Waals surface area contributed by atoms with Crippen molar-refractivity contribution in [2.24, 2.45) is 0 Å². The Labute approximate surface area is 152 Å². The summed E-state index contributed by atoms with van der Waals surface area (Å²) in [6.45, 7) is 1.22. The Morgan fingerprint density at radius 2 is 2.00 bits per heavy atom. The first-order valence-electron chi connectivity index (χ1n) is 8.88. The Morgan fingerprint density at radius 3 is 2.85 bits per heavy atom. The second-order valence-electron chi connectivity index (χ2n) is 6.61. The minimum absolute atomic E-state index is 0.260. The molecule has 1 aromatic carbocycles. The number of urea groups is 1. The molecule has 2 amide bonds. The Hall–Kier alpha value is -2.86. The van der Waals surface area contributed by atoms with E-state index in [1.54, 1.807) is 4.90 Å². The number of aliphatic carboxylic acids is 1. The van der Waals surface area contributed by atoms with Crippen LogP contribution in [0.4, 0.5) is 10.5 Å². The molecule has 2 N–H and O–H groups in total. The predicted molar refractivity (Wildman–Crippen MR) is 99.8 cm³/mol. The zero-order chi connectivity index (χ0) is 18.1. The normalized spacial score (nSPS) is 21.9. The molecule has 3 aliphatic rings. The monoisotopic (exact) mass is 351 g/mol. The van der Waals surface area contributed by atoms with Gasteiger partial charge in [0, 0.05) is 19.6 Å². The van der Waals surface area contributed by atoms with Gasteiger partial charge in [-0.25, -0.2) is 9.59 Å². The number of carbonyl (C=O) groups excluding carboxylic acids is 1. The number of carbonyl (C=O) groups is 2. The van der Waals surface area contributed by atoms with E-state index in [4.69, 9.17) is 0 Å². The van der Waals surface area contributed by atoms with Crippen molar-refractivity contribution in [1.29, 1.82) is 0 Å². The molecule has 134 valence electrons. The number of hydrogen-bond acceptors (Lipinski definition) is 3. The molecule has 0 aromatic heterocycles. The minimum Gasteiger partial charge on any atom is -0.480 e. The Kier molecular flexibility index (Phi) is 4.34. The molecule has 2 aliphatic heterocycles. The molecule has 26 heavy (non-hydrogen) atoms. The number of benzene rings is 1. The van der Waals surface area contributed by atoms with Crippen molar-refractivity contribution in [3.8, 4) is 0 Å². The third-order valence-corrected chi connectivity index (χ3v) is 5.03. The van der Waals surface area contributed by atoms with E-state index in [9.17, 15) is 14.7 Å². The minimum atomic E-state index is -0.986. The van der Waals surface area contributed by atoms with E-state index in [0.29, 0.717) is 13.1 Å². The van der Waals surface area contributed by atoms with Crippen LogP contribution in [-0.4, -0.2) is 47.7 Å². The summed E-state index contributed by atoms with van der Waals surface area (Å²) in [4.78, 5) is 28.3. The maximum atomic E-state index is 13.5. The van der Waals surface area contributed by atoms with Crippen LogP contribution in [0.15, 0.2) is 53.8 Å². The summed E-state index contributed by atoms with van der Waals surface area (Å²) < 4.78 is 0. The molecule has 1 aromatic rings. The number of nitrogens with one attached hydrogen (secondary N) is 1. The summed E-state index contributed by atoms with van der Waals surface area (Å²) in [5.74, 6) is -0.986. The first kappa shape index (κ1) is 16.6. The predicted octanol–water partition coefficient (Wildman–Crippen LogP) is 2.60. The highest BCUT2D eigenvalue weighted by atomic mass is 16.4. The first-order chi connectivity index (χ1) is 12.7. The molecule has 0 radical (unpaired) electrons. The van der Waals surface area contributed by atoms with Gasteiger partial charge in [-0.05, 0) is 36.1 Å². The number of anilines is 1. The Balaban J connectivity index is 1.80. The fourth-order valence-electron chi connectivity index (χ4n) is 3.70. The number of rotatable bonds is 1. The van der Waals surface area contributed by atoms with E-state index >= 15 is 0 Å². The van der Waals surface area contributed by atoms with Gasteiger partial charge in [0.05, 0.1) is 11.4 Å². The summed E-state index contributed by atoms with van der Waals surface area (Å²) >= 11 is 0. The van der Waals surface area contributed by atoms with Crippen molar-refractivity contribution >= 4 is 23.8 Å². The van der Waals surface area contributed by atoms with E-state index in [1.807, 2.05) is 36.4 Å². The zero-order valence-electron chi connectivity index (χ0n) is 14.4. The van der Waals surface area contributed by atoms with Gasteiger partial charge in [0.15, 0.2) is 0 Å². The van der Waals surface area contributed by atoms with Crippen molar-refractivity contribution in [2.75, 3.05) is 24.5 Å². The van der Waals surface area contributed by atoms with Crippen molar-refractivity contribution in [2.45, 2.75) is 18.9 Å². The molecule has 1 fully saturated rings. The summed E-state index contributed by atoms with van der Waals surface area (Å²) in [5, 5.41) is 12.6. The topological polar surface area (TPSA) is 72.9 Å². The molecule has 6 nitrogen and oxygen atoms in total. The number of hydrogen-bond donors (Lipinski definition) is 2. The number of carboxylic acids is 1. The second-order valence-corrected chi connectivity index (χ2v) is 6.61. The largest absolute Gasteiger partial charge is 0.480 e. The van der Waals surface area contributed by atoms with Crippen molar-refractivity contribution in [1.82, 2.24) is 10.2 Å². The number of piperazine rings is 1. The molecule has 2 heterocycles. The van der Waals surface area contributed by atoms with Gasteiger partial charge in [-0.3, -0.25) is 4.90 Å². The van der Waals surface area contributed by atoms with Crippen LogP contribution in [0.5, 0.6) is 0 Å². The first-order valence-corrected chi connectivity index (χ1v) is 8.88. The maximum Gasteiger partial charge on any atom is 0.329 e. The van der Waals surface area contributed by atoms with Crippen molar-refractivity contribution < 1.29 is 14.7 Å². The molecule has 1 aliphatic carbocycles. The molecule has 1 atom stereocenters. The number of nitrogens with zero attached hydrogens (tertiary/aromatic N) is 2. The van der Waals surface area contributed by atoms with E-state index in [-0.39, 0.29) is 12.6 Å². The summed E-state index contributed by atoms with van der Waals surface area (Å²) in [6.07, 6.45) is 9.94. The molecule has 0 spiro atoms. The summed E-state index contributed by atoms with van der Waals surface area (Å²) in [7, 11) is 0. The molecule has 0 bridgehead atoms. The molecule has 1 saturated heterocycles. The standard InChI is InChI=1S/C20H21N3O3/c24-19(25)18-13-21-11-12-22(18)20(26)23-16-7-3-1-5-14(16)9-10-15-6-2-4-8-17(15)23/h1,3-5,7-10,18,21H,2,6,11-13H2,(H,24,25). The molecule has 6 heteroatoms. The highest BCUT2D eigenvalue weighted by molar-refractivity contribution is 6.01. The lowest BCUT2D eigenvalue weighted by Gasteiger charge is -2.38.